The minimum atomic E-state index is -0.377. The van der Waals surface area contributed by atoms with Crippen LogP contribution in [0.15, 0.2) is 51.7 Å². The topological polar surface area (TPSA) is 64.9 Å². The molecule has 0 atom stereocenters. The molecule has 0 aliphatic rings. The van der Waals surface area contributed by atoms with Crippen molar-refractivity contribution in [3.8, 4) is 22.5 Å². The molecule has 0 fully saturated rings. The summed E-state index contributed by atoms with van der Waals surface area (Å²) >= 11 is 3.12. The van der Waals surface area contributed by atoms with Crippen LogP contribution in [0.3, 0.4) is 0 Å². The van der Waals surface area contributed by atoms with E-state index in [0.717, 1.165) is 5.56 Å². The molecule has 0 radical (unpaired) electrons. The van der Waals surface area contributed by atoms with E-state index in [9.17, 15) is 4.39 Å². The molecule has 0 amide bonds. The van der Waals surface area contributed by atoms with Crippen LogP contribution < -0.4 is 5.73 Å². The monoisotopic (exact) mass is 333 g/mol. The second-order valence-corrected chi connectivity index (χ2v) is 4.99. The van der Waals surface area contributed by atoms with Crippen molar-refractivity contribution >= 4 is 21.7 Å². The van der Waals surface area contributed by atoms with Gasteiger partial charge in [0.1, 0.15) is 5.82 Å². The molecule has 20 heavy (non-hydrogen) atoms. The van der Waals surface area contributed by atoms with Gasteiger partial charge in [-0.3, -0.25) is 4.98 Å². The van der Waals surface area contributed by atoms with Crippen LogP contribution in [0.4, 0.5) is 10.2 Å². The second kappa shape index (κ2) is 5.05. The summed E-state index contributed by atoms with van der Waals surface area (Å²) in [6, 6.07) is 8.30. The largest absolute Gasteiger partial charge is 0.380 e. The van der Waals surface area contributed by atoms with E-state index in [-0.39, 0.29) is 11.6 Å². The molecule has 100 valence electrons. The number of nitrogens with two attached hydrogens (primary N) is 1. The molecule has 4 nitrogen and oxygen atoms in total. The van der Waals surface area contributed by atoms with Gasteiger partial charge in [0, 0.05) is 18.0 Å². The zero-order chi connectivity index (χ0) is 14.1. The summed E-state index contributed by atoms with van der Waals surface area (Å²) in [6.45, 7) is 0. The van der Waals surface area contributed by atoms with Crippen LogP contribution in [0.2, 0.25) is 0 Å². The van der Waals surface area contributed by atoms with E-state index >= 15 is 0 Å². The first-order chi connectivity index (χ1) is 9.66. The molecule has 0 saturated heterocycles. The number of anilines is 1. The lowest BCUT2D eigenvalue weighted by atomic mass is 10.0. The first kappa shape index (κ1) is 12.8. The van der Waals surface area contributed by atoms with Crippen molar-refractivity contribution in [1.82, 2.24) is 10.1 Å². The lowest BCUT2D eigenvalue weighted by molar-refractivity contribution is 0.436. The van der Waals surface area contributed by atoms with Gasteiger partial charge in [-0.05, 0) is 51.8 Å². The Hall–Kier alpha value is -2.21. The highest BCUT2D eigenvalue weighted by molar-refractivity contribution is 9.10. The fourth-order valence-corrected chi connectivity index (χ4v) is 2.18. The van der Waals surface area contributed by atoms with E-state index in [1.165, 1.54) is 6.07 Å². The van der Waals surface area contributed by atoms with Crippen LogP contribution in [-0.4, -0.2) is 10.1 Å². The number of hydrogen-bond acceptors (Lipinski definition) is 4. The van der Waals surface area contributed by atoms with Crippen molar-refractivity contribution in [1.29, 1.82) is 0 Å². The quantitative estimate of drug-likeness (QED) is 0.772. The Labute approximate surface area is 122 Å². The Morgan fingerprint density at radius 3 is 2.55 bits per heavy atom. The fourth-order valence-electron chi connectivity index (χ4n) is 1.93. The van der Waals surface area contributed by atoms with Crippen LogP contribution >= 0.6 is 15.9 Å². The number of benzene rings is 1. The minimum absolute atomic E-state index is 0.259. The number of hydrogen-bond donors (Lipinski definition) is 1. The van der Waals surface area contributed by atoms with E-state index in [1.54, 1.807) is 36.7 Å². The Bertz CT molecular complexity index is 758. The van der Waals surface area contributed by atoms with Crippen molar-refractivity contribution in [2.24, 2.45) is 0 Å². The summed E-state index contributed by atoms with van der Waals surface area (Å²) < 4.78 is 19.3. The Balaban J connectivity index is 2.18. The Kier molecular flexibility index (Phi) is 3.23. The van der Waals surface area contributed by atoms with E-state index in [4.69, 9.17) is 10.3 Å². The molecule has 3 aromatic rings. The summed E-state index contributed by atoms with van der Waals surface area (Å²) in [5, 5.41) is 3.77. The molecule has 0 saturated carbocycles. The molecule has 2 N–H and O–H groups in total. The average Bonchev–Trinajstić information content (AvgIpc) is 2.85. The summed E-state index contributed by atoms with van der Waals surface area (Å²) in [4.78, 5) is 3.96. The predicted molar refractivity (Wildman–Crippen MR) is 77.2 cm³/mol. The Morgan fingerprint density at radius 2 is 1.85 bits per heavy atom. The van der Waals surface area contributed by atoms with Crippen molar-refractivity contribution in [3.05, 3.63) is 53.0 Å². The molecular formula is C14H9BrFN3O. The maximum atomic E-state index is 13.7. The number of nitrogens with zero attached hydrogens (tertiary/aromatic N) is 2. The van der Waals surface area contributed by atoms with Gasteiger partial charge >= 0.3 is 0 Å². The number of halogens is 2. The molecule has 1 aromatic carbocycles. The lowest BCUT2D eigenvalue weighted by Crippen LogP contribution is -1.89. The number of rotatable bonds is 2. The SMILES string of the molecule is Nc1noc(-c2ccc(Br)c(F)c2)c1-c1ccncc1. The normalized spacial score (nSPS) is 10.7. The van der Waals surface area contributed by atoms with Gasteiger partial charge in [0.25, 0.3) is 0 Å². The van der Waals surface area contributed by atoms with Crippen LogP contribution in [-0.2, 0) is 0 Å². The van der Waals surface area contributed by atoms with Crippen LogP contribution in [0, 0.1) is 5.82 Å². The molecular weight excluding hydrogens is 325 g/mol. The van der Waals surface area contributed by atoms with Gasteiger partial charge in [-0.15, -0.1) is 0 Å². The first-order valence-electron chi connectivity index (χ1n) is 5.78. The highest BCUT2D eigenvalue weighted by Gasteiger charge is 2.18. The molecule has 0 aliphatic heterocycles. The highest BCUT2D eigenvalue weighted by atomic mass is 79.9. The predicted octanol–water partition coefficient (Wildman–Crippen LogP) is 3.89. The first-order valence-corrected chi connectivity index (χ1v) is 6.57. The van der Waals surface area contributed by atoms with Gasteiger partial charge in [-0.25, -0.2) is 4.39 Å². The van der Waals surface area contributed by atoms with E-state index in [2.05, 4.69) is 26.1 Å². The van der Waals surface area contributed by atoms with E-state index in [1.807, 2.05) is 0 Å². The zero-order valence-corrected chi connectivity index (χ0v) is 11.8. The van der Waals surface area contributed by atoms with Gasteiger partial charge < -0.3 is 10.3 Å². The van der Waals surface area contributed by atoms with Crippen LogP contribution in [0.5, 0.6) is 0 Å². The third kappa shape index (κ3) is 2.18. The standard InChI is InChI=1S/C14H9BrFN3O/c15-10-2-1-9(7-11(10)16)13-12(14(17)19-20-13)8-3-5-18-6-4-8/h1-7H,(H2,17,19). The highest BCUT2D eigenvalue weighted by Crippen LogP contribution is 2.37. The number of pyridine rings is 1. The summed E-state index contributed by atoms with van der Waals surface area (Å²) in [5.41, 5.74) is 7.87. The van der Waals surface area contributed by atoms with Crippen molar-refractivity contribution < 1.29 is 8.91 Å². The molecule has 6 heteroatoms. The molecule has 0 bridgehead atoms. The van der Waals surface area contributed by atoms with E-state index < -0.39 is 0 Å². The maximum absolute atomic E-state index is 13.7. The lowest BCUT2D eigenvalue weighted by Gasteiger charge is -2.03. The summed E-state index contributed by atoms with van der Waals surface area (Å²) in [7, 11) is 0. The summed E-state index contributed by atoms with van der Waals surface area (Å²) in [5.74, 6) is 0.313. The van der Waals surface area contributed by atoms with Crippen molar-refractivity contribution in [3.63, 3.8) is 0 Å². The molecule has 0 unspecified atom stereocenters. The Morgan fingerprint density at radius 1 is 1.10 bits per heavy atom. The third-order valence-corrected chi connectivity index (χ3v) is 3.51. The molecule has 2 heterocycles. The molecule has 0 spiro atoms. The van der Waals surface area contributed by atoms with Crippen molar-refractivity contribution in [2.75, 3.05) is 5.73 Å². The van der Waals surface area contributed by atoms with Gasteiger partial charge in [0.2, 0.25) is 0 Å². The van der Waals surface area contributed by atoms with Gasteiger partial charge in [0.05, 0.1) is 10.0 Å². The van der Waals surface area contributed by atoms with Crippen LogP contribution in [0.25, 0.3) is 22.5 Å². The molecule has 0 aliphatic carbocycles. The van der Waals surface area contributed by atoms with Crippen LogP contribution in [0.1, 0.15) is 0 Å². The average molecular weight is 334 g/mol. The molecule has 2 aromatic heterocycles. The van der Waals surface area contributed by atoms with Crippen molar-refractivity contribution in [2.45, 2.75) is 0 Å². The third-order valence-electron chi connectivity index (χ3n) is 2.87. The minimum Gasteiger partial charge on any atom is -0.380 e. The maximum Gasteiger partial charge on any atom is 0.177 e. The van der Waals surface area contributed by atoms with Gasteiger partial charge in [-0.1, -0.05) is 5.16 Å². The fraction of sp³-hybridized carbons (Fsp3) is 0. The number of aromatic nitrogens is 2. The summed E-state index contributed by atoms with van der Waals surface area (Å²) in [6.07, 6.45) is 3.29. The van der Waals surface area contributed by atoms with E-state index in [0.29, 0.717) is 21.4 Å². The number of nitrogen functional groups attached to an aromatic ring is 1. The second-order valence-electron chi connectivity index (χ2n) is 4.14. The van der Waals surface area contributed by atoms with Gasteiger partial charge in [-0.2, -0.15) is 0 Å². The zero-order valence-electron chi connectivity index (χ0n) is 10.2. The van der Waals surface area contributed by atoms with Gasteiger partial charge in [0.15, 0.2) is 11.6 Å². The molecule has 3 rings (SSSR count). The smallest absolute Gasteiger partial charge is 0.177 e.